The van der Waals surface area contributed by atoms with Gasteiger partial charge in [-0.1, -0.05) is 0 Å². The lowest BCUT2D eigenvalue weighted by Crippen LogP contribution is -2.28. The Morgan fingerprint density at radius 3 is 2.50 bits per heavy atom. The third-order valence-corrected chi connectivity index (χ3v) is 0.916. The van der Waals surface area contributed by atoms with Gasteiger partial charge in [-0.05, 0) is 6.92 Å². The number of aliphatic hydroxyl groups excluding tert-OH is 1. The van der Waals surface area contributed by atoms with Crippen molar-refractivity contribution in [2.45, 2.75) is 13.2 Å². The fourth-order valence-electron chi connectivity index (χ4n) is 0.192. The van der Waals surface area contributed by atoms with Crippen molar-refractivity contribution in [2.75, 3.05) is 5.88 Å². The summed E-state index contributed by atoms with van der Waals surface area (Å²) in [6.45, 7) is 1.48. The monoisotopic (exact) mass is 139 g/mol. The molecule has 0 bridgehead atoms. The minimum absolute atomic E-state index is 0.0856. The molecule has 0 aromatic rings. The van der Waals surface area contributed by atoms with E-state index in [0.29, 0.717) is 0 Å². The average molecular weight is 139 g/mol. The lowest BCUT2D eigenvalue weighted by molar-refractivity contribution is 0.163. The van der Waals surface area contributed by atoms with Gasteiger partial charge in [0.1, 0.15) is 12.1 Å². The van der Waals surface area contributed by atoms with Crippen LogP contribution in [0.25, 0.3) is 0 Å². The Bertz CT molecular complexity index is 84.6. The summed E-state index contributed by atoms with van der Waals surface area (Å²) in [6.07, 6.45) is -0.717. The number of rotatable bonds is 3. The van der Waals surface area contributed by atoms with E-state index in [2.05, 4.69) is 5.32 Å². The van der Waals surface area contributed by atoms with Gasteiger partial charge in [0.2, 0.25) is 0 Å². The first-order valence-corrected chi connectivity index (χ1v) is 3.39. The molecule has 0 aromatic carbocycles. The van der Waals surface area contributed by atoms with E-state index in [1.165, 1.54) is 6.92 Å². The van der Waals surface area contributed by atoms with Crippen molar-refractivity contribution in [2.24, 2.45) is 0 Å². The molecule has 0 aliphatic carbocycles. The summed E-state index contributed by atoms with van der Waals surface area (Å²) >= 11 is -1.86. The number of aliphatic hydroxyl groups is 1. The van der Waals surface area contributed by atoms with Crippen LogP contribution in [0.5, 0.6) is 0 Å². The molecule has 50 valence electrons. The molecule has 0 saturated carbocycles. The molecule has 0 radical (unpaired) electrons. The number of nitrogens with one attached hydrogen (secondary N) is 1. The molecule has 0 fully saturated rings. The summed E-state index contributed by atoms with van der Waals surface area (Å²) in [7, 11) is 0. The molecule has 4 nitrogen and oxygen atoms in total. The van der Waals surface area contributed by atoms with Crippen molar-refractivity contribution in [3.05, 3.63) is 0 Å². The van der Waals surface area contributed by atoms with Gasteiger partial charge in [-0.2, -0.15) is 0 Å². The van der Waals surface area contributed by atoms with E-state index >= 15 is 0 Å². The van der Waals surface area contributed by atoms with E-state index < -0.39 is 17.3 Å². The molecule has 2 atom stereocenters. The maximum Gasteiger partial charge on any atom is 0.167 e. The minimum Gasteiger partial charge on any atom is -0.379 e. The predicted octanol–water partition coefficient (Wildman–Crippen LogP) is -0.906. The zero-order chi connectivity index (χ0) is 6.57. The summed E-state index contributed by atoms with van der Waals surface area (Å²) in [4.78, 5) is 0. The van der Waals surface area contributed by atoms with Crippen molar-refractivity contribution >= 4 is 11.1 Å². The van der Waals surface area contributed by atoms with Gasteiger partial charge in [0.25, 0.3) is 0 Å². The Kier molecular flexibility index (Phi) is 3.98. The Balaban J connectivity index is 3.05. The lowest BCUT2D eigenvalue weighted by Gasteiger charge is -2.01. The van der Waals surface area contributed by atoms with Crippen LogP contribution in [0.1, 0.15) is 6.92 Å². The van der Waals surface area contributed by atoms with E-state index in [4.69, 9.17) is 9.66 Å². The van der Waals surface area contributed by atoms with Gasteiger partial charge in [0.15, 0.2) is 11.1 Å². The second-order valence-corrected chi connectivity index (χ2v) is 2.28. The fourth-order valence-corrected chi connectivity index (χ4v) is 0.576. The molecule has 0 aromatic heterocycles. The van der Waals surface area contributed by atoms with Gasteiger partial charge in [0, 0.05) is 0 Å². The molecule has 0 amide bonds. The molecule has 0 rings (SSSR count). The Morgan fingerprint density at radius 2 is 2.38 bits per heavy atom. The molecule has 0 aliphatic rings. The minimum atomic E-state index is -1.86. The molecular weight excluding hydrogens is 130 g/mol. The number of hydrogen-bond acceptors (Lipinski definition) is 3. The Hall–Kier alpha value is 0.0300. The smallest absolute Gasteiger partial charge is 0.167 e. The summed E-state index contributed by atoms with van der Waals surface area (Å²) in [6, 6.07) is 0. The molecule has 3 N–H and O–H groups in total. The molecule has 5 heteroatoms. The van der Waals surface area contributed by atoms with Crippen LogP contribution in [-0.2, 0) is 11.1 Å². The highest BCUT2D eigenvalue weighted by Gasteiger charge is 1.94. The Morgan fingerprint density at radius 1 is 1.88 bits per heavy atom. The van der Waals surface area contributed by atoms with Crippen LogP contribution >= 0.6 is 0 Å². The third kappa shape index (κ3) is 6.03. The quantitative estimate of drug-likeness (QED) is 0.350. The first kappa shape index (κ1) is 8.03. The zero-order valence-electron chi connectivity index (χ0n) is 4.50. The summed E-state index contributed by atoms with van der Waals surface area (Å²) < 4.78 is 17.9. The van der Waals surface area contributed by atoms with Crippen LogP contribution in [0.15, 0.2) is 0 Å². The zero-order valence-corrected chi connectivity index (χ0v) is 5.31. The third-order valence-electron chi connectivity index (χ3n) is 0.502. The van der Waals surface area contributed by atoms with Crippen molar-refractivity contribution in [1.29, 1.82) is 0 Å². The van der Waals surface area contributed by atoms with Crippen molar-refractivity contribution in [3.8, 4) is 0 Å². The molecule has 0 heterocycles. The van der Waals surface area contributed by atoms with Gasteiger partial charge in [-0.25, -0.2) is 4.21 Å². The topological polar surface area (TPSA) is 69.6 Å². The van der Waals surface area contributed by atoms with Crippen molar-refractivity contribution in [3.63, 3.8) is 0 Å². The maximum absolute atomic E-state index is 9.84. The van der Waals surface area contributed by atoms with E-state index in [-0.39, 0.29) is 5.88 Å². The highest BCUT2D eigenvalue weighted by Crippen LogP contribution is 1.71. The predicted molar refractivity (Wildman–Crippen MR) is 30.5 cm³/mol. The van der Waals surface area contributed by atoms with Crippen molar-refractivity contribution in [1.82, 2.24) is 5.32 Å². The van der Waals surface area contributed by atoms with Crippen LogP contribution in [0.4, 0.5) is 0 Å². The van der Waals surface area contributed by atoms with Crippen LogP contribution in [0.3, 0.4) is 0 Å². The molecular formula is C3H9NO3S. The first-order chi connectivity index (χ1) is 3.63. The summed E-state index contributed by atoms with van der Waals surface area (Å²) in [5, 5.41) is 10.8. The molecule has 2 unspecified atom stereocenters. The molecule has 8 heavy (non-hydrogen) atoms. The molecule has 0 saturated heterocycles. The second kappa shape index (κ2) is 3.96. The molecule has 0 spiro atoms. The fraction of sp³-hybridized carbons (Fsp3) is 1.00. The largest absolute Gasteiger partial charge is 0.379 e. The first-order valence-electron chi connectivity index (χ1n) is 2.12. The highest BCUT2D eigenvalue weighted by atomic mass is 32.2. The normalized spacial score (nSPS) is 17.9. The van der Waals surface area contributed by atoms with Crippen LogP contribution in [-0.4, -0.2) is 26.0 Å². The molecule has 0 aliphatic heterocycles. The average Bonchev–Trinajstić information content (AvgIpc) is 1.61. The van der Waals surface area contributed by atoms with Crippen molar-refractivity contribution < 1.29 is 13.9 Å². The van der Waals surface area contributed by atoms with Gasteiger partial charge < -0.3 is 9.66 Å². The van der Waals surface area contributed by atoms with Gasteiger partial charge in [0.05, 0.1) is 0 Å². The van der Waals surface area contributed by atoms with Crippen LogP contribution in [0.2, 0.25) is 0 Å². The summed E-state index contributed by atoms with van der Waals surface area (Å²) in [5.74, 6) is -0.0856. The maximum atomic E-state index is 9.84. The van der Waals surface area contributed by atoms with E-state index in [0.717, 1.165) is 0 Å². The van der Waals surface area contributed by atoms with E-state index in [9.17, 15) is 4.21 Å². The SMILES string of the molecule is CC(O)NCS(=O)O. The van der Waals surface area contributed by atoms with E-state index in [1.807, 2.05) is 0 Å². The lowest BCUT2D eigenvalue weighted by atomic mass is 10.7. The van der Waals surface area contributed by atoms with Crippen LogP contribution < -0.4 is 5.32 Å². The van der Waals surface area contributed by atoms with E-state index in [1.54, 1.807) is 0 Å². The van der Waals surface area contributed by atoms with Gasteiger partial charge >= 0.3 is 0 Å². The summed E-state index contributed by atoms with van der Waals surface area (Å²) in [5.41, 5.74) is 0. The second-order valence-electron chi connectivity index (χ2n) is 1.35. The van der Waals surface area contributed by atoms with Gasteiger partial charge in [-0.3, -0.25) is 5.32 Å². The van der Waals surface area contributed by atoms with Gasteiger partial charge in [-0.15, -0.1) is 0 Å². The number of hydrogen-bond donors (Lipinski definition) is 3. The van der Waals surface area contributed by atoms with Crippen LogP contribution in [0, 0.1) is 0 Å². The Labute approximate surface area is 50.2 Å². The highest BCUT2D eigenvalue weighted by molar-refractivity contribution is 7.79. The standard InChI is InChI=1S/C3H9NO3S/c1-3(5)4-2-8(6)7/h3-5H,2H2,1H3,(H,6,7).